The van der Waals surface area contributed by atoms with Crippen molar-refractivity contribution in [2.24, 2.45) is 5.92 Å². The molecule has 0 amide bonds. The van der Waals surface area contributed by atoms with Crippen molar-refractivity contribution in [2.75, 3.05) is 13.2 Å². The Morgan fingerprint density at radius 3 is 2.68 bits per heavy atom. The van der Waals surface area contributed by atoms with Crippen LogP contribution < -0.4 is 0 Å². The minimum absolute atomic E-state index is 0.101. The Morgan fingerprint density at radius 1 is 1.39 bits per heavy atom. The highest BCUT2D eigenvalue weighted by Gasteiger charge is 2.45. The Hall–Kier alpha value is -2.42. The Labute approximate surface area is 163 Å². The highest BCUT2D eigenvalue weighted by Crippen LogP contribution is 2.37. The molecule has 2 rings (SSSR count). The molecule has 1 heterocycles. The van der Waals surface area contributed by atoms with E-state index >= 15 is 0 Å². The van der Waals surface area contributed by atoms with E-state index in [1.165, 1.54) is 0 Å². The molecule has 0 spiro atoms. The minimum Gasteiger partial charge on any atom is -0.512 e. The third kappa shape index (κ3) is 4.70. The van der Waals surface area contributed by atoms with Crippen LogP contribution in [0.1, 0.15) is 26.2 Å². The summed E-state index contributed by atoms with van der Waals surface area (Å²) in [5.74, 6) is -2.21. The predicted molar refractivity (Wildman–Crippen MR) is 99.0 cm³/mol. The van der Waals surface area contributed by atoms with Gasteiger partial charge in [-0.1, -0.05) is 13.2 Å². The van der Waals surface area contributed by atoms with E-state index in [2.05, 4.69) is 13.2 Å². The molecule has 0 aromatic carbocycles. The molecule has 154 valence electrons. The average Bonchev–Trinajstić information content (AvgIpc) is 2.95. The molecule has 1 aliphatic heterocycles. The van der Waals surface area contributed by atoms with Crippen molar-refractivity contribution in [1.29, 1.82) is 0 Å². The zero-order valence-corrected chi connectivity index (χ0v) is 15.8. The van der Waals surface area contributed by atoms with Crippen LogP contribution in [0.25, 0.3) is 0 Å². The second-order valence-corrected chi connectivity index (χ2v) is 7.00. The van der Waals surface area contributed by atoms with E-state index in [0.29, 0.717) is 17.6 Å². The van der Waals surface area contributed by atoms with Gasteiger partial charge in [-0.15, -0.1) is 0 Å². The van der Waals surface area contributed by atoms with E-state index in [-0.39, 0.29) is 36.4 Å². The molecule has 1 saturated heterocycles. The maximum Gasteiger partial charge on any atom is 0.336 e. The lowest BCUT2D eigenvalue weighted by atomic mass is 9.85. The normalized spacial score (nSPS) is 26.9. The Morgan fingerprint density at radius 2 is 2.07 bits per heavy atom. The molecule has 1 fully saturated rings. The number of fused-ring (bicyclic) bond motifs is 1. The van der Waals surface area contributed by atoms with Gasteiger partial charge in [0, 0.05) is 18.4 Å². The van der Waals surface area contributed by atoms with Crippen LogP contribution in [0.15, 0.2) is 47.3 Å². The molecule has 4 N–H and O–H groups in total. The van der Waals surface area contributed by atoms with Crippen LogP contribution in [0.3, 0.4) is 0 Å². The number of aliphatic hydroxyl groups is 4. The van der Waals surface area contributed by atoms with E-state index < -0.39 is 42.8 Å². The van der Waals surface area contributed by atoms with Gasteiger partial charge in [0.25, 0.3) is 0 Å². The molecule has 1 aliphatic carbocycles. The highest BCUT2D eigenvalue weighted by atomic mass is 16.6. The van der Waals surface area contributed by atoms with Crippen molar-refractivity contribution < 1.29 is 39.5 Å². The first-order chi connectivity index (χ1) is 13.2. The van der Waals surface area contributed by atoms with Gasteiger partial charge in [-0.25, -0.2) is 9.59 Å². The number of ether oxygens (including phenoxy) is 2. The molecule has 28 heavy (non-hydrogen) atoms. The van der Waals surface area contributed by atoms with Gasteiger partial charge in [0.15, 0.2) is 0 Å². The summed E-state index contributed by atoms with van der Waals surface area (Å²) >= 11 is 0. The lowest BCUT2D eigenvalue weighted by molar-refractivity contribution is -0.148. The van der Waals surface area contributed by atoms with Crippen LogP contribution in [0.5, 0.6) is 0 Å². The topological polar surface area (TPSA) is 134 Å². The summed E-state index contributed by atoms with van der Waals surface area (Å²) in [5.41, 5.74) is 0.905. The maximum atomic E-state index is 12.4. The van der Waals surface area contributed by atoms with Gasteiger partial charge in [0.2, 0.25) is 0 Å². The lowest BCUT2D eigenvalue weighted by Gasteiger charge is -2.28. The predicted octanol–water partition coefficient (Wildman–Crippen LogP) is 0.840. The molecule has 4 unspecified atom stereocenters. The third-order valence-electron chi connectivity index (χ3n) is 5.04. The number of esters is 2. The largest absolute Gasteiger partial charge is 0.512 e. The van der Waals surface area contributed by atoms with Crippen LogP contribution in [-0.4, -0.2) is 63.9 Å². The SMILES string of the molecule is C=C(C(=O)OC1CC(C)=C(O)CCC(CO)=CC2OC(=O)C(=C)C21)C(O)CO. The molecule has 0 aromatic rings. The summed E-state index contributed by atoms with van der Waals surface area (Å²) in [6.07, 6.45) is -0.831. The molecular formula is C20H26O8. The van der Waals surface area contributed by atoms with E-state index in [9.17, 15) is 24.9 Å². The zero-order chi connectivity index (χ0) is 21.0. The Kier molecular flexibility index (Phi) is 7.17. The Bertz CT molecular complexity index is 732. The van der Waals surface area contributed by atoms with Gasteiger partial charge >= 0.3 is 11.9 Å². The van der Waals surface area contributed by atoms with E-state index in [4.69, 9.17) is 14.6 Å². The summed E-state index contributed by atoms with van der Waals surface area (Å²) < 4.78 is 10.8. The fraction of sp³-hybridized carbons (Fsp3) is 0.500. The monoisotopic (exact) mass is 394 g/mol. The van der Waals surface area contributed by atoms with E-state index in [0.717, 1.165) is 0 Å². The molecule has 0 saturated carbocycles. The molecule has 0 radical (unpaired) electrons. The smallest absolute Gasteiger partial charge is 0.336 e. The summed E-state index contributed by atoms with van der Waals surface area (Å²) in [6.45, 7) is 7.89. The summed E-state index contributed by atoms with van der Waals surface area (Å²) in [6, 6.07) is 0. The van der Waals surface area contributed by atoms with E-state index in [1.54, 1.807) is 13.0 Å². The molecule has 8 nitrogen and oxygen atoms in total. The Balaban J connectivity index is 2.42. The fourth-order valence-electron chi connectivity index (χ4n) is 3.24. The standard InChI is InChI=1S/C20H26O8/c1-10-6-16(27-19(25)11(2)15(24)9-22)18-12(3)20(26)28-17(18)7-13(8-21)4-5-14(10)23/h7,15-18,21-24H,2-6,8-9H2,1H3. The lowest BCUT2D eigenvalue weighted by Crippen LogP contribution is -2.35. The summed E-state index contributed by atoms with van der Waals surface area (Å²) in [7, 11) is 0. The average molecular weight is 394 g/mol. The fourth-order valence-corrected chi connectivity index (χ4v) is 3.24. The van der Waals surface area contributed by atoms with Gasteiger partial charge in [-0.05, 0) is 30.6 Å². The number of carbonyl (C=O) groups is 2. The van der Waals surface area contributed by atoms with Crippen molar-refractivity contribution in [2.45, 2.75) is 44.5 Å². The van der Waals surface area contributed by atoms with Crippen LogP contribution in [0, 0.1) is 5.92 Å². The van der Waals surface area contributed by atoms with E-state index in [1.807, 2.05) is 0 Å². The molecule has 8 heteroatoms. The number of aliphatic hydroxyl groups excluding tert-OH is 4. The second-order valence-electron chi connectivity index (χ2n) is 7.00. The maximum absolute atomic E-state index is 12.4. The first kappa shape index (κ1) is 21.9. The first-order valence-corrected chi connectivity index (χ1v) is 8.96. The van der Waals surface area contributed by atoms with Crippen LogP contribution in [-0.2, 0) is 19.1 Å². The van der Waals surface area contributed by atoms with Gasteiger partial charge < -0.3 is 29.9 Å². The second kappa shape index (κ2) is 9.18. The third-order valence-corrected chi connectivity index (χ3v) is 5.04. The number of carbonyl (C=O) groups excluding carboxylic acids is 2. The van der Waals surface area contributed by atoms with Crippen LogP contribution in [0.2, 0.25) is 0 Å². The zero-order valence-electron chi connectivity index (χ0n) is 15.8. The van der Waals surface area contributed by atoms with Gasteiger partial charge in [-0.3, -0.25) is 0 Å². The summed E-state index contributed by atoms with van der Waals surface area (Å²) in [5, 5.41) is 38.5. The number of rotatable bonds is 5. The number of allylic oxidation sites excluding steroid dienone is 1. The van der Waals surface area contributed by atoms with Gasteiger partial charge in [-0.2, -0.15) is 0 Å². The molecular weight excluding hydrogens is 368 g/mol. The quantitative estimate of drug-likeness (QED) is 0.306. The molecule has 2 aliphatic rings. The summed E-state index contributed by atoms with van der Waals surface area (Å²) in [4.78, 5) is 24.5. The van der Waals surface area contributed by atoms with Crippen molar-refractivity contribution in [3.05, 3.63) is 47.3 Å². The van der Waals surface area contributed by atoms with Crippen molar-refractivity contribution >= 4 is 11.9 Å². The molecule has 0 bridgehead atoms. The van der Waals surface area contributed by atoms with Crippen LogP contribution in [0.4, 0.5) is 0 Å². The molecule has 0 aromatic heterocycles. The first-order valence-electron chi connectivity index (χ1n) is 8.96. The molecule has 4 atom stereocenters. The van der Waals surface area contributed by atoms with Gasteiger partial charge in [0.1, 0.15) is 18.3 Å². The highest BCUT2D eigenvalue weighted by molar-refractivity contribution is 5.92. The van der Waals surface area contributed by atoms with Crippen molar-refractivity contribution in [3.8, 4) is 0 Å². The minimum atomic E-state index is -1.47. The van der Waals surface area contributed by atoms with Gasteiger partial charge in [0.05, 0.1) is 30.5 Å². The van der Waals surface area contributed by atoms with Crippen molar-refractivity contribution in [1.82, 2.24) is 0 Å². The number of hydrogen-bond donors (Lipinski definition) is 4. The number of hydrogen-bond acceptors (Lipinski definition) is 8. The van der Waals surface area contributed by atoms with Crippen LogP contribution >= 0.6 is 0 Å². The van der Waals surface area contributed by atoms with Crippen molar-refractivity contribution in [3.63, 3.8) is 0 Å².